The van der Waals surface area contributed by atoms with E-state index in [1.807, 2.05) is 45.0 Å². The lowest BCUT2D eigenvalue weighted by Crippen LogP contribution is -2.23. The largest absolute Gasteiger partial charge is 0.488 e. The third-order valence-corrected chi connectivity index (χ3v) is 1.55. The number of benzene rings is 1. The quantitative estimate of drug-likeness (QED) is 0.587. The normalized spacial score (nSPS) is 10.6. The minimum Gasteiger partial charge on any atom is -0.488 e. The van der Waals surface area contributed by atoms with Crippen LogP contribution in [0, 0.1) is 0 Å². The Hall–Kier alpha value is -1.71. The van der Waals surface area contributed by atoms with Gasteiger partial charge in [0.25, 0.3) is 0 Å². The lowest BCUT2D eigenvalue weighted by Gasteiger charge is -2.21. The van der Waals surface area contributed by atoms with Gasteiger partial charge in [0.1, 0.15) is 11.4 Å². The molecule has 1 rings (SSSR count). The fourth-order valence-corrected chi connectivity index (χ4v) is 1.07. The molecular weight excluding hydrogens is 192 g/mol. The second-order valence-electron chi connectivity index (χ2n) is 4.13. The second kappa shape index (κ2) is 4.68. The van der Waals surface area contributed by atoms with Crippen LogP contribution < -0.4 is 15.6 Å². The van der Waals surface area contributed by atoms with Crippen LogP contribution in [-0.2, 0) is 4.79 Å². The SMILES string of the molecule is CC(C)(C)Oc1ccc(NNC=O)cc1. The van der Waals surface area contributed by atoms with Crippen molar-refractivity contribution in [2.75, 3.05) is 5.43 Å². The maximum Gasteiger partial charge on any atom is 0.225 e. The van der Waals surface area contributed by atoms with Gasteiger partial charge in [-0.3, -0.25) is 15.6 Å². The monoisotopic (exact) mass is 208 g/mol. The van der Waals surface area contributed by atoms with Crippen LogP contribution in [0.4, 0.5) is 5.69 Å². The molecule has 0 aliphatic carbocycles. The van der Waals surface area contributed by atoms with Crippen LogP contribution in [0.25, 0.3) is 0 Å². The Morgan fingerprint density at radius 3 is 2.27 bits per heavy atom. The van der Waals surface area contributed by atoms with E-state index in [0.29, 0.717) is 6.41 Å². The van der Waals surface area contributed by atoms with Gasteiger partial charge in [-0.2, -0.15) is 0 Å². The predicted molar refractivity (Wildman–Crippen MR) is 59.6 cm³/mol. The van der Waals surface area contributed by atoms with Gasteiger partial charge >= 0.3 is 0 Å². The summed E-state index contributed by atoms with van der Waals surface area (Å²) in [5, 5.41) is 0. The number of anilines is 1. The molecule has 0 fully saturated rings. The lowest BCUT2D eigenvalue weighted by atomic mass is 10.2. The molecule has 0 aliphatic rings. The number of rotatable bonds is 4. The van der Waals surface area contributed by atoms with Gasteiger partial charge in [0.05, 0.1) is 5.69 Å². The highest BCUT2D eigenvalue weighted by atomic mass is 16.5. The van der Waals surface area contributed by atoms with E-state index in [4.69, 9.17) is 4.74 Å². The van der Waals surface area contributed by atoms with Crippen molar-refractivity contribution in [2.45, 2.75) is 26.4 Å². The average Bonchev–Trinajstić information content (AvgIpc) is 2.14. The summed E-state index contributed by atoms with van der Waals surface area (Å²) in [7, 11) is 0. The van der Waals surface area contributed by atoms with Crippen molar-refractivity contribution in [2.24, 2.45) is 0 Å². The molecule has 1 amide bonds. The number of hydrazine groups is 1. The Morgan fingerprint density at radius 1 is 1.20 bits per heavy atom. The van der Waals surface area contributed by atoms with Crippen molar-refractivity contribution in [3.05, 3.63) is 24.3 Å². The molecular formula is C11H16N2O2. The number of hydrogen-bond acceptors (Lipinski definition) is 3. The molecule has 0 radical (unpaired) electrons. The topological polar surface area (TPSA) is 50.4 Å². The first kappa shape index (κ1) is 11.4. The summed E-state index contributed by atoms with van der Waals surface area (Å²) in [4.78, 5) is 10.0. The fraction of sp³-hybridized carbons (Fsp3) is 0.364. The van der Waals surface area contributed by atoms with Gasteiger partial charge in [-0.25, -0.2) is 0 Å². The maximum absolute atomic E-state index is 10.0. The minimum atomic E-state index is -0.198. The summed E-state index contributed by atoms with van der Waals surface area (Å²) in [6.07, 6.45) is 0.583. The summed E-state index contributed by atoms with van der Waals surface area (Å²) < 4.78 is 5.64. The number of nitrogens with one attached hydrogen (secondary N) is 2. The second-order valence-corrected chi connectivity index (χ2v) is 4.13. The van der Waals surface area contributed by atoms with E-state index in [2.05, 4.69) is 10.9 Å². The van der Waals surface area contributed by atoms with Gasteiger partial charge in [0, 0.05) is 0 Å². The van der Waals surface area contributed by atoms with E-state index in [9.17, 15) is 4.79 Å². The molecule has 0 saturated carbocycles. The van der Waals surface area contributed by atoms with E-state index in [0.717, 1.165) is 11.4 Å². The summed E-state index contributed by atoms with van der Waals surface area (Å²) in [6, 6.07) is 7.36. The molecule has 0 aromatic heterocycles. The first-order chi connectivity index (χ1) is 7.01. The highest BCUT2D eigenvalue weighted by Crippen LogP contribution is 2.19. The number of carbonyl (C=O) groups is 1. The Labute approximate surface area is 89.6 Å². The van der Waals surface area contributed by atoms with Crippen molar-refractivity contribution in [1.82, 2.24) is 5.43 Å². The molecule has 15 heavy (non-hydrogen) atoms. The van der Waals surface area contributed by atoms with Crippen molar-refractivity contribution in [3.63, 3.8) is 0 Å². The molecule has 0 aliphatic heterocycles. The van der Waals surface area contributed by atoms with E-state index >= 15 is 0 Å². The van der Waals surface area contributed by atoms with Crippen LogP contribution in [0.1, 0.15) is 20.8 Å². The Balaban J connectivity index is 2.60. The highest BCUT2D eigenvalue weighted by molar-refractivity contribution is 5.53. The molecule has 0 unspecified atom stereocenters. The van der Waals surface area contributed by atoms with Gasteiger partial charge in [-0.1, -0.05) is 0 Å². The molecule has 82 valence electrons. The molecule has 1 aromatic carbocycles. The van der Waals surface area contributed by atoms with Crippen molar-refractivity contribution in [1.29, 1.82) is 0 Å². The van der Waals surface area contributed by atoms with E-state index < -0.39 is 0 Å². The van der Waals surface area contributed by atoms with Crippen molar-refractivity contribution in [3.8, 4) is 5.75 Å². The zero-order chi connectivity index (χ0) is 11.3. The van der Waals surface area contributed by atoms with Crippen LogP contribution in [0.3, 0.4) is 0 Å². The number of carbonyl (C=O) groups excluding carboxylic acids is 1. The molecule has 0 spiro atoms. The van der Waals surface area contributed by atoms with Crippen molar-refractivity contribution >= 4 is 12.1 Å². The zero-order valence-corrected chi connectivity index (χ0v) is 9.20. The number of hydrogen-bond donors (Lipinski definition) is 2. The molecule has 0 bridgehead atoms. The van der Waals surface area contributed by atoms with Gasteiger partial charge in [0.2, 0.25) is 6.41 Å². The van der Waals surface area contributed by atoms with Crippen LogP contribution in [-0.4, -0.2) is 12.0 Å². The van der Waals surface area contributed by atoms with Crippen LogP contribution in [0.15, 0.2) is 24.3 Å². The summed E-state index contributed by atoms with van der Waals surface area (Å²) >= 11 is 0. The van der Waals surface area contributed by atoms with Crippen LogP contribution >= 0.6 is 0 Å². The molecule has 0 heterocycles. The molecule has 0 atom stereocenters. The highest BCUT2D eigenvalue weighted by Gasteiger charge is 2.10. The van der Waals surface area contributed by atoms with Gasteiger partial charge in [-0.15, -0.1) is 0 Å². The van der Waals surface area contributed by atoms with Gasteiger partial charge in [-0.05, 0) is 45.0 Å². The predicted octanol–water partition coefficient (Wildman–Crippen LogP) is 1.94. The van der Waals surface area contributed by atoms with Crippen LogP contribution in [0.2, 0.25) is 0 Å². The van der Waals surface area contributed by atoms with E-state index in [1.54, 1.807) is 0 Å². The first-order valence-corrected chi connectivity index (χ1v) is 4.75. The Kier molecular flexibility index (Phi) is 3.55. The summed E-state index contributed by atoms with van der Waals surface area (Å²) in [6.45, 7) is 5.98. The molecule has 2 N–H and O–H groups in total. The molecule has 4 heteroatoms. The average molecular weight is 208 g/mol. The smallest absolute Gasteiger partial charge is 0.225 e. The summed E-state index contributed by atoms with van der Waals surface area (Å²) in [5.74, 6) is 0.805. The minimum absolute atomic E-state index is 0.198. The lowest BCUT2D eigenvalue weighted by molar-refractivity contribution is -0.109. The van der Waals surface area contributed by atoms with Gasteiger partial charge in [0.15, 0.2) is 0 Å². The number of amides is 1. The summed E-state index contributed by atoms with van der Waals surface area (Å²) in [5.41, 5.74) is 5.68. The zero-order valence-electron chi connectivity index (χ0n) is 9.20. The molecule has 4 nitrogen and oxygen atoms in total. The number of ether oxygens (including phenoxy) is 1. The van der Waals surface area contributed by atoms with E-state index in [1.165, 1.54) is 0 Å². The van der Waals surface area contributed by atoms with E-state index in [-0.39, 0.29) is 5.60 Å². The van der Waals surface area contributed by atoms with Crippen molar-refractivity contribution < 1.29 is 9.53 Å². The Morgan fingerprint density at radius 2 is 1.80 bits per heavy atom. The van der Waals surface area contributed by atoms with Gasteiger partial charge < -0.3 is 4.74 Å². The fourth-order valence-electron chi connectivity index (χ4n) is 1.07. The maximum atomic E-state index is 10.0. The van der Waals surface area contributed by atoms with Crippen LogP contribution in [0.5, 0.6) is 5.75 Å². The third-order valence-electron chi connectivity index (χ3n) is 1.55. The molecule has 1 aromatic rings. The standard InChI is InChI=1S/C11H16N2O2/c1-11(2,3)15-10-6-4-9(5-7-10)13-12-8-14/h4-8,13H,1-3H3,(H,12,14). The third kappa shape index (κ3) is 4.35. The Bertz CT molecular complexity index is 314. The molecule has 0 saturated heterocycles. The first-order valence-electron chi connectivity index (χ1n) is 4.75.